The van der Waals surface area contributed by atoms with Crippen molar-refractivity contribution in [1.82, 2.24) is 0 Å². The van der Waals surface area contributed by atoms with E-state index in [-0.39, 0.29) is 0 Å². The van der Waals surface area contributed by atoms with E-state index in [1.165, 1.54) is 5.56 Å². The molecule has 0 amide bonds. The molecule has 0 spiro atoms. The standard InChI is InChI=1S/C15H15NOS/c16-15(18)14-8-6-13(7-9-14)11-17-10-12-4-2-1-3-5-12/h1-9H,10-11H2,(H2,16,18). The zero-order valence-electron chi connectivity index (χ0n) is 10.0. The maximum Gasteiger partial charge on any atom is 0.103 e. The summed E-state index contributed by atoms with van der Waals surface area (Å²) in [5.41, 5.74) is 8.72. The predicted octanol–water partition coefficient (Wildman–Crippen LogP) is 3.04. The molecule has 0 saturated heterocycles. The van der Waals surface area contributed by atoms with Crippen molar-refractivity contribution in [3.8, 4) is 0 Å². The monoisotopic (exact) mass is 257 g/mol. The van der Waals surface area contributed by atoms with Gasteiger partial charge >= 0.3 is 0 Å². The lowest BCUT2D eigenvalue weighted by Gasteiger charge is -2.05. The second-order valence-corrected chi connectivity index (χ2v) is 4.48. The quantitative estimate of drug-likeness (QED) is 0.836. The predicted molar refractivity (Wildman–Crippen MR) is 77.3 cm³/mol. The van der Waals surface area contributed by atoms with Crippen LogP contribution in [0.4, 0.5) is 0 Å². The molecule has 18 heavy (non-hydrogen) atoms. The summed E-state index contributed by atoms with van der Waals surface area (Å²) in [5, 5.41) is 0. The van der Waals surface area contributed by atoms with Gasteiger partial charge in [0.05, 0.1) is 13.2 Å². The van der Waals surface area contributed by atoms with Gasteiger partial charge in [0.2, 0.25) is 0 Å². The summed E-state index contributed by atoms with van der Waals surface area (Å²) < 4.78 is 5.64. The van der Waals surface area contributed by atoms with Gasteiger partial charge in [-0.05, 0) is 11.1 Å². The Bertz CT molecular complexity index is 508. The molecular formula is C15H15NOS. The maximum absolute atomic E-state index is 5.64. The van der Waals surface area contributed by atoms with Gasteiger partial charge in [0.15, 0.2) is 0 Å². The summed E-state index contributed by atoms with van der Waals surface area (Å²) in [6, 6.07) is 17.9. The topological polar surface area (TPSA) is 35.2 Å². The number of thiocarbonyl (C=S) groups is 1. The van der Waals surface area contributed by atoms with E-state index >= 15 is 0 Å². The molecule has 0 aliphatic carbocycles. The van der Waals surface area contributed by atoms with Crippen molar-refractivity contribution in [2.75, 3.05) is 0 Å². The molecule has 0 fully saturated rings. The number of ether oxygens (including phenoxy) is 1. The van der Waals surface area contributed by atoms with Gasteiger partial charge in [-0.2, -0.15) is 0 Å². The van der Waals surface area contributed by atoms with E-state index < -0.39 is 0 Å². The van der Waals surface area contributed by atoms with Crippen molar-refractivity contribution in [2.45, 2.75) is 13.2 Å². The van der Waals surface area contributed by atoms with Gasteiger partial charge in [-0.25, -0.2) is 0 Å². The zero-order valence-corrected chi connectivity index (χ0v) is 10.8. The molecule has 0 unspecified atom stereocenters. The van der Waals surface area contributed by atoms with Gasteiger partial charge in [0.1, 0.15) is 4.99 Å². The highest BCUT2D eigenvalue weighted by Gasteiger charge is 1.97. The molecule has 0 saturated carbocycles. The van der Waals surface area contributed by atoms with Crippen molar-refractivity contribution >= 4 is 17.2 Å². The lowest BCUT2D eigenvalue weighted by molar-refractivity contribution is 0.107. The van der Waals surface area contributed by atoms with Crippen LogP contribution in [0.3, 0.4) is 0 Å². The fourth-order valence-corrected chi connectivity index (χ4v) is 1.76. The molecule has 0 aliphatic heterocycles. The highest BCUT2D eigenvalue weighted by molar-refractivity contribution is 7.80. The molecule has 0 aliphatic rings. The molecule has 0 radical (unpaired) electrons. The highest BCUT2D eigenvalue weighted by Crippen LogP contribution is 2.08. The third kappa shape index (κ3) is 3.65. The minimum Gasteiger partial charge on any atom is -0.389 e. The number of hydrogen-bond donors (Lipinski definition) is 1. The molecule has 2 rings (SSSR count). The summed E-state index contributed by atoms with van der Waals surface area (Å²) in [4.78, 5) is 0.423. The van der Waals surface area contributed by atoms with Gasteiger partial charge in [0, 0.05) is 5.56 Å². The summed E-state index contributed by atoms with van der Waals surface area (Å²) in [6.07, 6.45) is 0. The third-order valence-corrected chi connectivity index (χ3v) is 2.85. The largest absolute Gasteiger partial charge is 0.389 e. The smallest absolute Gasteiger partial charge is 0.103 e. The van der Waals surface area contributed by atoms with Crippen molar-refractivity contribution in [3.05, 3.63) is 71.3 Å². The Morgan fingerprint density at radius 2 is 1.44 bits per heavy atom. The molecule has 2 nitrogen and oxygen atoms in total. The third-order valence-electron chi connectivity index (χ3n) is 2.62. The first-order chi connectivity index (χ1) is 8.75. The minimum absolute atomic E-state index is 0.423. The van der Waals surface area contributed by atoms with Crippen LogP contribution in [0.5, 0.6) is 0 Å². The van der Waals surface area contributed by atoms with Crippen LogP contribution in [0.1, 0.15) is 16.7 Å². The summed E-state index contributed by atoms with van der Waals surface area (Å²) in [7, 11) is 0. The zero-order chi connectivity index (χ0) is 12.8. The lowest BCUT2D eigenvalue weighted by atomic mass is 10.1. The maximum atomic E-state index is 5.64. The Hall–Kier alpha value is -1.71. The van der Waals surface area contributed by atoms with Gasteiger partial charge in [0.25, 0.3) is 0 Å². The van der Waals surface area contributed by atoms with Crippen LogP contribution in [0.2, 0.25) is 0 Å². The Labute approximate surface area is 112 Å². The van der Waals surface area contributed by atoms with Gasteiger partial charge < -0.3 is 10.5 Å². The van der Waals surface area contributed by atoms with E-state index in [0.29, 0.717) is 18.2 Å². The molecule has 0 aromatic heterocycles. The van der Waals surface area contributed by atoms with Gasteiger partial charge in [-0.15, -0.1) is 0 Å². The average Bonchev–Trinajstić information content (AvgIpc) is 2.40. The molecule has 0 atom stereocenters. The molecular weight excluding hydrogens is 242 g/mol. The van der Waals surface area contributed by atoms with E-state index in [2.05, 4.69) is 12.1 Å². The summed E-state index contributed by atoms with van der Waals surface area (Å²) in [5.74, 6) is 0. The number of benzene rings is 2. The van der Waals surface area contributed by atoms with Gasteiger partial charge in [-0.1, -0.05) is 66.8 Å². The van der Waals surface area contributed by atoms with Crippen LogP contribution >= 0.6 is 12.2 Å². The van der Waals surface area contributed by atoms with Crippen LogP contribution in [0.25, 0.3) is 0 Å². The van der Waals surface area contributed by atoms with Crippen molar-refractivity contribution in [3.63, 3.8) is 0 Å². The number of hydrogen-bond acceptors (Lipinski definition) is 2. The van der Waals surface area contributed by atoms with E-state index in [1.54, 1.807) is 0 Å². The molecule has 3 heteroatoms. The summed E-state index contributed by atoms with van der Waals surface area (Å²) in [6.45, 7) is 1.21. The lowest BCUT2D eigenvalue weighted by Crippen LogP contribution is -2.09. The van der Waals surface area contributed by atoms with Crippen LogP contribution < -0.4 is 5.73 Å². The van der Waals surface area contributed by atoms with Crippen molar-refractivity contribution in [2.24, 2.45) is 5.73 Å². The van der Waals surface area contributed by atoms with E-state index in [9.17, 15) is 0 Å². The normalized spacial score (nSPS) is 10.2. The van der Waals surface area contributed by atoms with E-state index in [4.69, 9.17) is 22.7 Å². The molecule has 2 N–H and O–H groups in total. The Morgan fingerprint density at radius 3 is 2.00 bits per heavy atom. The molecule has 2 aromatic rings. The SMILES string of the molecule is NC(=S)c1ccc(COCc2ccccc2)cc1. The second kappa shape index (κ2) is 6.28. The van der Waals surface area contributed by atoms with Gasteiger partial charge in [-0.3, -0.25) is 0 Å². The first kappa shape index (κ1) is 12.7. The first-order valence-electron chi connectivity index (χ1n) is 5.76. The fourth-order valence-electron chi connectivity index (χ4n) is 1.63. The van der Waals surface area contributed by atoms with Crippen LogP contribution in [0, 0.1) is 0 Å². The minimum atomic E-state index is 0.423. The molecule has 0 bridgehead atoms. The number of nitrogens with two attached hydrogens (primary N) is 1. The van der Waals surface area contributed by atoms with Crippen LogP contribution in [-0.2, 0) is 18.0 Å². The average molecular weight is 257 g/mol. The summed E-state index contributed by atoms with van der Waals surface area (Å²) >= 11 is 4.90. The second-order valence-electron chi connectivity index (χ2n) is 4.04. The van der Waals surface area contributed by atoms with Crippen molar-refractivity contribution in [1.29, 1.82) is 0 Å². The first-order valence-corrected chi connectivity index (χ1v) is 6.17. The van der Waals surface area contributed by atoms with Crippen LogP contribution in [-0.4, -0.2) is 4.99 Å². The number of rotatable bonds is 5. The van der Waals surface area contributed by atoms with Crippen LogP contribution in [0.15, 0.2) is 54.6 Å². The molecule has 0 heterocycles. The Balaban J connectivity index is 1.85. The van der Waals surface area contributed by atoms with Crippen molar-refractivity contribution < 1.29 is 4.74 Å². The Kier molecular flexibility index (Phi) is 4.45. The van der Waals surface area contributed by atoms with E-state index in [1.807, 2.05) is 42.5 Å². The fraction of sp³-hybridized carbons (Fsp3) is 0.133. The molecule has 92 valence electrons. The highest BCUT2D eigenvalue weighted by atomic mass is 32.1. The Morgan fingerprint density at radius 1 is 0.889 bits per heavy atom. The van der Waals surface area contributed by atoms with E-state index in [0.717, 1.165) is 11.1 Å². The molecule has 2 aromatic carbocycles.